The Balaban J connectivity index is 1.99. The quantitative estimate of drug-likeness (QED) is 0.400. The first-order valence-corrected chi connectivity index (χ1v) is 11.5. The maximum Gasteiger partial charge on any atom is 0.309 e. The normalized spacial score (nSPS) is 35.3. The molecule has 2 fully saturated rings. The lowest BCUT2D eigenvalue weighted by molar-refractivity contribution is -0.163. The highest BCUT2D eigenvalue weighted by Crippen LogP contribution is 2.52. The van der Waals surface area contributed by atoms with Gasteiger partial charge in [-0.25, -0.2) is 0 Å². The molecular weight excluding hydrogens is 352 g/mol. The molecule has 0 aromatic heterocycles. The lowest BCUT2D eigenvalue weighted by Gasteiger charge is -2.48. The van der Waals surface area contributed by atoms with E-state index in [1.54, 1.807) is 0 Å². The monoisotopic (exact) mass is 394 g/mol. The van der Waals surface area contributed by atoms with Crippen LogP contribution in [-0.4, -0.2) is 23.7 Å². The van der Waals surface area contributed by atoms with E-state index < -0.39 is 17.8 Å². The van der Waals surface area contributed by atoms with Crippen LogP contribution in [0.2, 0.25) is 0 Å². The summed E-state index contributed by atoms with van der Waals surface area (Å²) < 4.78 is 5.80. The van der Waals surface area contributed by atoms with Crippen molar-refractivity contribution in [2.75, 3.05) is 6.61 Å². The van der Waals surface area contributed by atoms with Crippen LogP contribution < -0.4 is 0 Å². The lowest BCUT2D eigenvalue weighted by Crippen LogP contribution is -2.42. The van der Waals surface area contributed by atoms with Gasteiger partial charge < -0.3 is 9.84 Å². The lowest BCUT2D eigenvalue weighted by atomic mass is 9.57. The molecule has 0 aromatic carbocycles. The average Bonchev–Trinajstić information content (AvgIpc) is 2.60. The number of unbranched alkanes of at least 4 members (excludes halogenated alkanes) is 2. The van der Waals surface area contributed by atoms with Gasteiger partial charge in [0.1, 0.15) is 0 Å². The number of carboxylic acids is 1. The van der Waals surface area contributed by atoms with Gasteiger partial charge in [0.15, 0.2) is 0 Å². The number of carboxylic acid groups (broad SMARTS) is 1. The molecular formula is C24H42O4. The molecule has 5 atom stereocenters. The highest BCUT2D eigenvalue weighted by Gasteiger charge is 2.44. The van der Waals surface area contributed by atoms with Gasteiger partial charge in [0, 0.05) is 0 Å². The van der Waals surface area contributed by atoms with E-state index in [4.69, 9.17) is 4.74 Å². The molecule has 2 saturated carbocycles. The van der Waals surface area contributed by atoms with E-state index in [1.165, 1.54) is 32.1 Å². The third-order valence-electron chi connectivity index (χ3n) is 7.55. The second-order valence-electron chi connectivity index (χ2n) is 10.8. The number of aliphatic carboxylic acids is 1. The van der Waals surface area contributed by atoms with E-state index >= 15 is 0 Å². The Bertz CT molecular complexity index is 541. The van der Waals surface area contributed by atoms with Gasteiger partial charge in [-0.05, 0) is 67.6 Å². The number of carbonyl (C=O) groups excluding carboxylic acids is 1. The summed E-state index contributed by atoms with van der Waals surface area (Å²) in [5.41, 5.74) is 0.542. The summed E-state index contributed by atoms with van der Waals surface area (Å²) in [6, 6.07) is 0. The Morgan fingerprint density at radius 3 is 2.43 bits per heavy atom. The van der Waals surface area contributed by atoms with Crippen molar-refractivity contribution >= 4 is 11.9 Å². The van der Waals surface area contributed by atoms with Crippen LogP contribution in [0.3, 0.4) is 0 Å². The minimum atomic E-state index is -0.850. The van der Waals surface area contributed by atoms with Crippen molar-refractivity contribution in [3.63, 3.8) is 0 Å². The van der Waals surface area contributed by atoms with Crippen LogP contribution in [0.5, 0.6) is 0 Å². The summed E-state index contributed by atoms with van der Waals surface area (Å²) in [5.74, 6) is -1.44. The van der Waals surface area contributed by atoms with Crippen LogP contribution in [0.4, 0.5) is 0 Å². The van der Waals surface area contributed by atoms with Crippen molar-refractivity contribution in [2.24, 2.45) is 34.5 Å². The molecule has 0 bridgehead atoms. The minimum absolute atomic E-state index is 0.199. The number of rotatable bonds is 8. The second-order valence-corrected chi connectivity index (χ2v) is 10.8. The van der Waals surface area contributed by atoms with Crippen LogP contribution in [0.15, 0.2) is 0 Å². The minimum Gasteiger partial charge on any atom is -0.481 e. The summed E-state index contributed by atoms with van der Waals surface area (Å²) in [6.45, 7) is 11.8. The summed E-state index contributed by atoms with van der Waals surface area (Å²) in [4.78, 5) is 24.4. The predicted octanol–water partition coefficient (Wildman–Crippen LogP) is 6.08. The fourth-order valence-corrected chi connectivity index (χ4v) is 5.82. The van der Waals surface area contributed by atoms with Crippen LogP contribution in [-0.2, 0) is 14.3 Å². The van der Waals surface area contributed by atoms with Crippen molar-refractivity contribution in [3.8, 4) is 0 Å². The maximum absolute atomic E-state index is 12.8. The molecule has 5 unspecified atom stereocenters. The van der Waals surface area contributed by atoms with E-state index in [0.29, 0.717) is 36.7 Å². The first kappa shape index (κ1) is 23.2. The van der Waals surface area contributed by atoms with Gasteiger partial charge in [-0.1, -0.05) is 53.9 Å². The number of hydrogen-bond donors (Lipinski definition) is 1. The van der Waals surface area contributed by atoms with Crippen molar-refractivity contribution in [2.45, 2.75) is 98.8 Å². The molecule has 2 aliphatic carbocycles. The highest BCUT2D eigenvalue weighted by molar-refractivity contribution is 5.81. The van der Waals surface area contributed by atoms with Crippen LogP contribution in [0.1, 0.15) is 98.8 Å². The SMILES string of the molecule is CCCCCC1(C)CC(C)(C)CCC1COC(=O)C1CCC(C)CC1C(=O)O. The van der Waals surface area contributed by atoms with Gasteiger partial charge in [-0.2, -0.15) is 0 Å². The van der Waals surface area contributed by atoms with E-state index in [1.807, 2.05) is 0 Å². The zero-order chi connectivity index (χ0) is 20.9. The average molecular weight is 395 g/mol. The Hall–Kier alpha value is -1.06. The number of hydrogen-bond acceptors (Lipinski definition) is 3. The van der Waals surface area contributed by atoms with E-state index in [9.17, 15) is 14.7 Å². The number of esters is 1. The molecule has 0 aromatic rings. The molecule has 0 radical (unpaired) electrons. The van der Waals surface area contributed by atoms with Gasteiger partial charge >= 0.3 is 11.9 Å². The molecule has 0 spiro atoms. The predicted molar refractivity (Wildman–Crippen MR) is 112 cm³/mol. The topological polar surface area (TPSA) is 63.6 Å². The molecule has 1 N–H and O–H groups in total. The Labute approximate surface area is 171 Å². The van der Waals surface area contributed by atoms with Gasteiger partial charge in [-0.3, -0.25) is 9.59 Å². The van der Waals surface area contributed by atoms with Crippen LogP contribution in [0.25, 0.3) is 0 Å². The molecule has 4 heteroatoms. The van der Waals surface area contributed by atoms with Gasteiger partial charge in [0.25, 0.3) is 0 Å². The molecule has 28 heavy (non-hydrogen) atoms. The van der Waals surface area contributed by atoms with Gasteiger partial charge in [0.2, 0.25) is 0 Å². The van der Waals surface area contributed by atoms with Crippen molar-refractivity contribution < 1.29 is 19.4 Å². The van der Waals surface area contributed by atoms with E-state index in [0.717, 1.165) is 19.3 Å². The van der Waals surface area contributed by atoms with Gasteiger partial charge in [-0.15, -0.1) is 0 Å². The Morgan fingerprint density at radius 2 is 1.79 bits per heavy atom. The van der Waals surface area contributed by atoms with E-state index in [2.05, 4.69) is 34.6 Å². The van der Waals surface area contributed by atoms with Crippen molar-refractivity contribution in [1.82, 2.24) is 0 Å². The molecule has 2 aliphatic rings. The second kappa shape index (κ2) is 9.63. The maximum atomic E-state index is 12.8. The fraction of sp³-hybridized carbons (Fsp3) is 0.917. The van der Waals surface area contributed by atoms with Gasteiger partial charge in [0.05, 0.1) is 18.4 Å². The standard InChI is InChI=1S/C24H42O4/c1-6-7-8-12-24(5)16-23(3,4)13-11-18(24)15-28-22(27)19-10-9-17(2)14-20(19)21(25)26/h17-20H,6-16H2,1-5H3,(H,25,26). The first-order valence-electron chi connectivity index (χ1n) is 11.5. The third kappa shape index (κ3) is 5.97. The van der Waals surface area contributed by atoms with Crippen molar-refractivity contribution in [3.05, 3.63) is 0 Å². The smallest absolute Gasteiger partial charge is 0.309 e. The summed E-state index contributed by atoms with van der Waals surface area (Å²) in [6.07, 6.45) is 10.5. The zero-order valence-corrected chi connectivity index (χ0v) is 18.8. The van der Waals surface area contributed by atoms with Crippen LogP contribution in [0, 0.1) is 34.5 Å². The molecule has 0 aliphatic heterocycles. The zero-order valence-electron chi connectivity index (χ0n) is 18.8. The summed E-state index contributed by atoms with van der Waals surface area (Å²) in [7, 11) is 0. The fourth-order valence-electron chi connectivity index (χ4n) is 5.82. The third-order valence-corrected chi connectivity index (χ3v) is 7.55. The summed E-state index contributed by atoms with van der Waals surface area (Å²) >= 11 is 0. The number of ether oxygens (including phenoxy) is 1. The molecule has 162 valence electrons. The molecule has 0 saturated heterocycles. The Morgan fingerprint density at radius 1 is 1.07 bits per heavy atom. The molecule has 2 rings (SSSR count). The number of carbonyl (C=O) groups is 2. The molecule has 0 amide bonds. The Kier molecular flexibility index (Phi) is 7.98. The summed E-state index contributed by atoms with van der Waals surface area (Å²) in [5, 5.41) is 9.55. The first-order chi connectivity index (χ1) is 13.1. The molecule has 0 heterocycles. The molecule has 4 nitrogen and oxygen atoms in total. The van der Waals surface area contributed by atoms with E-state index in [-0.39, 0.29) is 11.4 Å². The largest absolute Gasteiger partial charge is 0.481 e. The van der Waals surface area contributed by atoms with Crippen molar-refractivity contribution in [1.29, 1.82) is 0 Å². The highest BCUT2D eigenvalue weighted by atomic mass is 16.5. The van der Waals surface area contributed by atoms with Crippen LogP contribution >= 0.6 is 0 Å².